The summed E-state index contributed by atoms with van der Waals surface area (Å²) in [7, 11) is 0. The molecule has 0 bridgehead atoms. The van der Waals surface area contributed by atoms with Gasteiger partial charge < -0.3 is 5.32 Å². The molecule has 3 heterocycles. The predicted molar refractivity (Wildman–Crippen MR) is 144 cm³/mol. The quantitative estimate of drug-likeness (QED) is 0.341. The third-order valence-electron chi connectivity index (χ3n) is 5.73. The zero-order valence-electron chi connectivity index (χ0n) is 18.8. The number of rotatable bonds is 7. The number of pyridine rings is 1. The molecule has 1 aromatic heterocycles. The Labute approximate surface area is 219 Å². The molecule has 2 aromatic rings. The number of amidine groups is 1. The van der Waals surface area contributed by atoms with Gasteiger partial charge in [-0.1, -0.05) is 51.8 Å². The molecule has 9 heteroatoms. The van der Waals surface area contributed by atoms with Crippen LogP contribution < -0.4 is 5.32 Å². The standard InChI is InChI=1S/C25H27BrCl2N6/c1-18-32-24(13-25(34(18)31-8-6-26)30-15-19-4-2-7-29-14-19)21-5-3-9-33(17-21)16-20-10-22(27)12-23(28)11-20/h2,4,7-8,10-14,21,32H,1,3,5-6,9,15-17H2/b30-25?,31-8-. The Morgan fingerprint density at radius 1 is 1.24 bits per heavy atom. The molecule has 0 saturated carbocycles. The SMILES string of the molecule is C=C1NC(C2CCCN(Cc3cc(Cl)cc(Cl)c3)C2)=CC(=NCc2cccnc2)N1/N=C\CBr. The highest BCUT2D eigenvalue weighted by Crippen LogP contribution is 2.28. The van der Waals surface area contributed by atoms with Gasteiger partial charge in [-0.3, -0.25) is 14.9 Å². The fraction of sp³-hybridized carbons (Fsp3) is 0.320. The van der Waals surface area contributed by atoms with E-state index in [2.05, 4.69) is 48.9 Å². The van der Waals surface area contributed by atoms with Crippen molar-refractivity contribution in [1.29, 1.82) is 0 Å². The third kappa shape index (κ3) is 6.69. The first-order valence-electron chi connectivity index (χ1n) is 11.2. The number of benzene rings is 1. The van der Waals surface area contributed by atoms with E-state index in [1.165, 1.54) is 0 Å². The second-order valence-corrected chi connectivity index (χ2v) is 9.84. The monoisotopic (exact) mass is 560 g/mol. The first-order valence-corrected chi connectivity index (χ1v) is 13.1. The van der Waals surface area contributed by atoms with Gasteiger partial charge in [-0.2, -0.15) is 5.10 Å². The smallest absolute Gasteiger partial charge is 0.153 e. The molecule has 1 saturated heterocycles. The van der Waals surface area contributed by atoms with Gasteiger partial charge >= 0.3 is 0 Å². The van der Waals surface area contributed by atoms with Crippen molar-refractivity contribution < 1.29 is 0 Å². The van der Waals surface area contributed by atoms with Gasteiger partial charge in [0.15, 0.2) is 5.84 Å². The van der Waals surface area contributed by atoms with Gasteiger partial charge in [0.25, 0.3) is 0 Å². The number of likely N-dealkylation sites (tertiary alicyclic amines) is 1. The van der Waals surface area contributed by atoms with Crippen LogP contribution in [0.15, 0.2) is 77.0 Å². The van der Waals surface area contributed by atoms with Gasteiger partial charge in [-0.25, -0.2) is 5.01 Å². The van der Waals surface area contributed by atoms with Gasteiger partial charge in [-0.15, -0.1) is 0 Å². The van der Waals surface area contributed by atoms with Crippen LogP contribution in [-0.2, 0) is 13.1 Å². The fourth-order valence-electron chi connectivity index (χ4n) is 4.25. The first kappa shape index (κ1) is 24.9. The number of nitrogens with zero attached hydrogens (tertiary/aromatic N) is 5. The summed E-state index contributed by atoms with van der Waals surface area (Å²) < 4.78 is 0. The highest BCUT2D eigenvalue weighted by Gasteiger charge is 2.28. The lowest BCUT2D eigenvalue weighted by Gasteiger charge is -2.37. The van der Waals surface area contributed by atoms with Crippen LogP contribution in [-0.4, -0.2) is 45.4 Å². The van der Waals surface area contributed by atoms with Crippen LogP contribution in [0.5, 0.6) is 0 Å². The molecular weight excluding hydrogens is 535 g/mol. The molecule has 0 spiro atoms. The summed E-state index contributed by atoms with van der Waals surface area (Å²) in [6, 6.07) is 9.68. The van der Waals surface area contributed by atoms with Crippen molar-refractivity contribution in [3.05, 3.63) is 88.1 Å². The molecule has 34 heavy (non-hydrogen) atoms. The molecule has 1 N–H and O–H groups in total. The van der Waals surface area contributed by atoms with E-state index in [1.807, 2.05) is 30.5 Å². The number of piperidine rings is 1. The number of alkyl halides is 1. The number of aromatic nitrogens is 1. The summed E-state index contributed by atoms with van der Waals surface area (Å²) in [5.41, 5.74) is 3.29. The number of aliphatic imine (C=N–C) groups is 1. The molecule has 4 rings (SSSR count). The van der Waals surface area contributed by atoms with E-state index in [1.54, 1.807) is 23.5 Å². The van der Waals surface area contributed by atoms with Gasteiger partial charge in [0.05, 0.1) is 6.54 Å². The maximum absolute atomic E-state index is 6.21. The number of nitrogens with one attached hydrogen (secondary N) is 1. The lowest BCUT2D eigenvalue weighted by Crippen LogP contribution is -2.43. The molecule has 0 aliphatic carbocycles. The van der Waals surface area contributed by atoms with Gasteiger partial charge in [0.1, 0.15) is 5.82 Å². The van der Waals surface area contributed by atoms with Gasteiger partial charge in [-0.05, 0) is 54.8 Å². The molecule has 0 amide bonds. The van der Waals surface area contributed by atoms with Crippen LogP contribution in [0.1, 0.15) is 24.0 Å². The van der Waals surface area contributed by atoms with Crippen molar-refractivity contribution >= 4 is 51.2 Å². The highest BCUT2D eigenvalue weighted by atomic mass is 79.9. The lowest BCUT2D eigenvalue weighted by atomic mass is 9.93. The normalized spacial score (nSPS) is 20.6. The summed E-state index contributed by atoms with van der Waals surface area (Å²) in [5, 5.41) is 11.7. The lowest BCUT2D eigenvalue weighted by molar-refractivity contribution is 0.180. The Hall–Kier alpha value is -2.19. The second kappa shape index (κ2) is 12.0. The molecule has 1 aromatic carbocycles. The maximum Gasteiger partial charge on any atom is 0.153 e. The molecule has 6 nitrogen and oxygen atoms in total. The van der Waals surface area contributed by atoms with E-state index >= 15 is 0 Å². The number of hydrogen-bond donors (Lipinski definition) is 1. The van der Waals surface area contributed by atoms with Crippen molar-refractivity contribution in [2.24, 2.45) is 16.0 Å². The molecule has 2 aliphatic heterocycles. The maximum atomic E-state index is 6.21. The van der Waals surface area contributed by atoms with Crippen LogP contribution in [0, 0.1) is 5.92 Å². The molecule has 1 fully saturated rings. The van der Waals surface area contributed by atoms with Crippen LogP contribution in [0.2, 0.25) is 10.0 Å². The van der Waals surface area contributed by atoms with Crippen molar-refractivity contribution in [2.75, 3.05) is 18.4 Å². The largest absolute Gasteiger partial charge is 0.344 e. The summed E-state index contributed by atoms with van der Waals surface area (Å²) in [6.45, 7) is 7.52. The van der Waals surface area contributed by atoms with Crippen LogP contribution in [0.4, 0.5) is 0 Å². The van der Waals surface area contributed by atoms with E-state index < -0.39 is 0 Å². The zero-order chi connectivity index (χ0) is 23.9. The Morgan fingerprint density at radius 3 is 2.79 bits per heavy atom. The second-order valence-electron chi connectivity index (χ2n) is 8.32. The van der Waals surface area contributed by atoms with Crippen molar-refractivity contribution in [2.45, 2.75) is 25.9 Å². The van der Waals surface area contributed by atoms with E-state index in [9.17, 15) is 0 Å². The summed E-state index contributed by atoms with van der Waals surface area (Å²) in [4.78, 5) is 11.5. The van der Waals surface area contributed by atoms with Crippen LogP contribution >= 0.6 is 39.1 Å². The minimum Gasteiger partial charge on any atom is -0.344 e. The number of halogens is 3. The average molecular weight is 562 g/mol. The topological polar surface area (TPSA) is 56.1 Å². The van der Waals surface area contributed by atoms with E-state index in [0.29, 0.717) is 33.7 Å². The number of hydrogen-bond acceptors (Lipinski definition) is 5. The van der Waals surface area contributed by atoms with Gasteiger partial charge in [0, 0.05) is 64.8 Å². The molecule has 1 unspecified atom stereocenters. The molecule has 1 atom stereocenters. The van der Waals surface area contributed by atoms with E-state index in [-0.39, 0.29) is 0 Å². The molecule has 0 radical (unpaired) electrons. The molecule has 178 valence electrons. The van der Waals surface area contributed by atoms with E-state index in [0.717, 1.165) is 55.1 Å². The summed E-state index contributed by atoms with van der Waals surface area (Å²) in [5.74, 6) is 1.79. The Kier molecular flexibility index (Phi) is 8.78. The third-order valence-corrected chi connectivity index (χ3v) is 6.46. The molecule has 2 aliphatic rings. The summed E-state index contributed by atoms with van der Waals surface area (Å²) >= 11 is 15.8. The van der Waals surface area contributed by atoms with Crippen LogP contribution in [0.25, 0.3) is 0 Å². The van der Waals surface area contributed by atoms with Crippen molar-refractivity contribution in [3.63, 3.8) is 0 Å². The average Bonchev–Trinajstić information content (AvgIpc) is 2.82. The Balaban J connectivity index is 1.53. The van der Waals surface area contributed by atoms with Gasteiger partial charge in [0.2, 0.25) is 0 Å². The number of hydrazone groups is 1. The molecular formula is C25H27BrCl2N6. The fourth-order valence-corrected chi connectivity index (χ4v) is 4.95. The minimum absolute atomic E-state index is 0.339. The van der Waals surface area contributed by atoms with Crippen molar-refractivity contribution in [1.82, 2.24) is 20.2 Å². The highest BCUT2D eigenvalue weighted by molar-refractivity contribution is 9.09. The first-order chi connectivity index (χ1) is 16.5. The van der Waals surface area contributed by atoms with E-state index in [4.69, 9.17) is 28.2 Å². The predicted octanol–water partition coefficient (Wildman–Crippen LogP) is 5.84. The Bertz CT molecular complexity index is 1080. The summed E-state index contributed by atoms with van der Waals surface area (Å²) in [6.07, 6.45) is 9.68. The Morgan fingerprint density at radius 2 is 2.06 bits per heavy atom. The zero-order valence-corrected chi connectivity index (χ0v) is 21.9. The minimum atomic E-state index is 0.339. The van der Waals surface area contributed by atoms with Crippen molar-refractivity contribution in [3.8, 4) is 0 Å². The van der Waals surface area contributed by atoms with Crippen LogP contribution in [0.3, 0.4) is 0 Å².